The number of aromatic amines is 1. The van der Waals surface area contributed by atoms with Crippen LogP contribution in [-0.2, 0) is 11.3 Å². The molecule has 142 valence electrons. The zero-order valence-corrected chi connectivity index (χ0v) is 16.4. The molecule has 2 aromatic carbocycles. The number of para-hydroxylation sites is 1. The maximum Gasteiger partial charge on any atom is 0.260 e. The molecule has 0 saturated carbocycles. The van der Waals surface area contributed by atoms with Crippen molar-refractivity contribution in [3.63, 3.8) is 0 Å². The first-order valence-corrected chi connectivity index (χ1v) is 9.66. The smallest absolute Gasteiger partial charge is 0.260 e. The number of benzene rings is 2. The fraction of sp³-hybridized carbons (Fsp3) is 0.0952. The Morgan fingerprint density at radius 3 is 2.61 bits per heavy atom. The minimum atomic E-state index is -0.399. The van der Waals surface area contributed by atoms with Crippen LogP contribution in [0, 0.1) is 0 Å². The van der Waals surface area contributed by atoms with E-state index in [4.69, 9.17) is 21.1 Å². The molecule has 2 N–H and O–H groups in total. The van der Waals surface area contributed by atoms with Crippen LogP contribution in [0.3, 0.4) is 0 Å². The van der Waals surface area contributed by atoms with Crippen molar-refractivity contribution >= 4 is 33.2 Å². The summed E-state index contributed by atoms with van der Waals surface area (Å²) >= 11 is 7.47. The highest BCUT2D eigenvalue weighted by Crippen LogP contribution is 2.42. The van der Waals surface area contributed by atoms with Gasteiger partial charge in [-0.3, -0.25) is 4.79 Å². The van der Waals surface area contributed by atoms with Gasteiger partial charge in [0.05, 0.1) is 17.6 Å². The highest BCUT2D eigenvalue weighted by molar-refractivity contribution is 7.22. The summed E-state index contributed by atoms with van der Waals surface area (Å²) in [6.07, 6.45) is 0. The fourth-order valence-corrected chi connectivity index (χ4v) is 4.36. The lowest BCUT2D eigenvalue weighted by Gasteiger charge is -2.10. The molecule has 0 unspecified atom stereocenters. The first-order valence-electron chi connectivity index (χ1n) is 8.47. The van der Waals surface area contributed by atoms with Gasteiger partial charge in [0, 0.05) is 12.7 Å². The third-order valence-corrected chi connectivity index (χ3v) is 5.67. The van der Waals surface area contributed by atoms with E-state index < -0.39 is 5.56 Å². The highest BCUT2D eigenvalue weighted by Gasteiger charge is 2.21. The van der Waals surface area contributed by atoms with Crippen LogP contribution in [-0.4, -0.2) is 17.2 Å². The number of methoxy groups -OCH3 is 1. The molecule has 0 aliphatic heterocycles. The van der Waals surface area contributed by atoms with Gasteiger partial charge in [-0.1, -0.05) is 41.9 Å². The summed E-state index contributed by atoms with van der Waals surface area (Å²) in [4.78, 5) is 16.0. The van der Waals surface area contributed by atoms with E-state index in [-0.39, 0.29) is 17.9 Å². The van der Waals surface area contributed by atoms with E-state index in [1.807, 2.05) is 30.3 Å². The quantitative estimate of drug-likeness (QED) is 0.449. The third-order valence-electron chi connectivity index (χ3n) is 4.28. The molecule has 0 atom stereocenters. The molecular formula is C21H16ClNO4S. The molecule has 0 saturated heterocycles. The number of rotatable bonds is 5. The van der Waals surface area contributed by atoms with E-state index in [2.05, 4.69) is 4.98 Å². The van der Waals surface area contributed by atoms with Gasteiger partial charge >= 0.3 is 0 Å². The number of hydrogen-bond donors (Lipinski definition) is 2. The molecule has 2 aromatic heterocycles. The number of hydrogen-bond acceptors (Lipinski definition) is 5. The van der Waals surface area contributed by atoms with E-state index >= 15 is 0 Å². The molecule has 0 aliphatic rings. The molecule has 0 fully saturated rings. The van der Waals surface area contributed by atoms with Gasteiger partial charge in [-0.15, -0.1) is 11.3 Å². The Kier molecular flexibility index (Phi) is 5.09. The normalized spacial score (nSPS) is 11.1. The Hall–Kier alpha value is -2.80. The molecule has 5 nitrogen and oxygen atoms in total. The number of fused-ring (bicyclic) bond motifs is 1. The van der Waals surface area contributed by atoms with Gasteiger partial charge in [-0.2, -0.15) is 0 Å². The van der Waals surface area contributed by atoms with E-state index in [9.17, 15) is 9.90 Å². The Bertz CT molecular complexity index is 1200. The number of aromatic nitrogens is 1. The standard InChI is InChI=1S/C21H16ClNO4S/c1-26-11-15-17-18(24)16(20(25)23-21(17)28-19(15)22)12-6-5-9-14(10-12)27-13-7-3-2-4-8-13/h2-10H,11H2,1H3,(H2,23,24,25). The maximum atomic E-state index is 12.7. The van der Waals surface area contributed by atoms with Crippen LogP contribution in [0.25, 0.3) is 21.3 Å². The number of thiophene rings is 1. The van der Waals surface area contributed by atoms with Crippen molar-refractivity contribution in [1.82, 2.24) is 4.98 Å². The molecule has 7 heteroatoms. The molecule has 2 heterocycles. The van der Waals surface area contributed by atoms with Crippen LogP contribution in [0.1, 0.15) is 5.56 Å². The van der Waals surface area contributed by atoms with Crippen molar-refractivity contribution in [3.8, 4) is 28.4 Å². The van der Waals surface area contributed by atoms with Gasteiger partial charge in [-0.25, -0.2) is 0 Å². The molecule has 28 heavy (non-hydrogen) atoms. The van der Waals surface area contributed by atoms with Crippen LogP contribution >= 0.6 is 22.9 Å². The first kappa shape index (κ1) is 18.6. The molecule has 0 radical (unpaired) electrons. The summed E-state index contributed by atoms with van der Waals surface area (Å²) in [6.45, 7) is 0.231. The minimum Gasteiger partial charge on any atom is -0.506 e. The summed E-state index contributed by atoms with van der Waals surface area (Å²) in [5, 5.41) is 11.4. The van der Waals surface area contributed by atoms with Crippen molar-refractivity contribution in [1.29, 1.82) is 0 Å². The number of halogens is 1. The summed E-state index contributed by atoms with van der Waals surface area (Å²) in [6, 6.07) is 16.4. The second kappa shape index (κ2) is 7.67. The average Bonchev–Trinajstić information content (AvgIpc) is 2.98. The van der Waals surface area contributed by atoms with Gasteiger partial charge in [0.15, 0.2) is 0 Å². The molecule has 0 spiro atoms. The lowest BCUT2D eigenvalue weighted by molar-refractivity contribution is 0.186. The summed E-state index contributed by atoms with van der Waals surface area (Å²) < 4.78 is 11.5. The fourth-order valence-electron chi connectivity index (χ4n) is 3.05. The van der Waals surface area contributed by atoms with Crippen molar-refractivity contribution in [3.05, 3.63) is 74.9 Å². The average molecular weight is 414 g/mol. The summed E-state index contributed by atoms with van der Waals surface area (Å²) in [5.74, 6) is 1.12. The second-order valence-corrected chi connectivity index (χ2v) is 7.73. The first-order chi connectivity index (χ1) is 13.6. The van der Waals surface area contributed by atoms with Gasteiger partial charge in [0.2, 0.25) is 0 Å². The predicted molar refractivity (Wildman–Crippen MR) is 112 cm³/mol. The van der Waals surface area contributed by atoms with Crippen molar-refractivity contribution < 1.29 is 14.6 Å². The van der Waals surface area contributed by atoms with Crippen molar-refractivity contribution in [2.45, 2.75) is 6.61 Å². The van der Waals surface area contributed by atoms with Gasteiger partial charge in [0.25, 0.3) is 5.56 Å². The number of aromatic hydroxyl groups is 1. The number of ether oxygens (including phenoxy) is 2. The molecular weight excluding hydrogens is 398 g/mol. The minimum absolute atomic E-state index is 0.120. The Balaban J connectivity index is 1.84. The Labute approximate surface area is 169 Å². The molecule has 0 amide bonds. The van der Waals surface area contributed by atoms with Gasteiger partial charge in [-0.05, 0) is 29.8 Å². The van der Waals surface area contributed by atoms with E-state index in [1.165, 1.54) is 11.3 Å². The SMILES string of the molecule is COCc1c(Cl)sc2[nH]c(=O)c(-c3cccc(Oc4ccccc4)c3)c(O)c12. The lowest BCUT2D eigenvalue weighted by Crippen LogP contribution is -2.09. The third kappa shape index (κ3) is 3.38. The van der Waals surface area contributed by atoms with Crippen LogP contribution in [0.4, 0.5) is 0 Å². The zero-order chi connectivity index (χ0) is 19.7. The van der Waals surface area contributed by atoms with Gasteiger partial charge in [0.1, 0.15) is 26.4 Å². The lowest BCUT2D eigenvalue weighted by atomic mass is 10.0. The second-order valence-electron chi connectivity index (χ2n) is 6.11. The van der Waals surface area contributed by atoms with Crippen molar-refractivity contribution in [2.24, 2.45) is 0 Å². The van der Waals surface area contributed by atoms with E-state index in [1.54, 1.807) is 31.4 Å². The van der Waals surface area contributed by atoms with E-state index in [0.29, 0.717) is 37.2 Å². The van der Waals surface area contributed by atoms with Crippen LogP contribution in [0.5, 0.6) is 17.2 Å². The molecule has 4 aromatic rings. The highest BCUT2D eigenvalue weighted by atomic mass is 35.5. The van der Waals surface area contributed by atoms with Crippen molar-refractivity contribution in [2.75, 3.05) is 7.11 Å². The largest absolute Gasteiger partial charge is 0.506 e. The Morgan fingerprint density at radius 2 is 1.86 bits per heavy atom. The predicted octanol–water partition coefficient (Wildman–Crippen LogP) is 5.55. The van der Waals surface area contributed by atoms with Crippen LogP contribution in [0.2, 0.25) is 4.34 Å². The maximum absolute atomic E-state index is 12.7. The zero-order valence-electron chi connectivity index (χ0n) is 14.9. The van der Waals surface area contributed by atoms with Crippen LogP contribution in [0.15, 0.2) is 59.4 Å². The van der Waals surface area contributed by atoms with E-state index in [0.717, 1.165) is 0 Å². The monoisotopic (exact) mass is 413 g/mol. The summed E-state index contributed by atoms with van der Waals surface area (Å²) in [5.41, 5.74) is 0.956. The van der Waals surface area contributed by atoms with Gasteiger partial charge < -0.3 is 19.6 Å². The number of nitrogens with one attached hydrogen (secondary N) is 1. The van der Waals surface area contributed by atoms with Crippen LogP contribution < -0.4 is 10.3 Å². The number of pyridine rings is 1. The molecule has 4 rings (SSSR count). The summed E-state index contributed by atoms with van der Waals surface area (Å²) in [7, 11) is 1.55. The Morgan fingerprint density at radius 1 is 1.11 bits per heavy atom. The molecule has 0 aliphatic carbocycles. The molecule has 0 bridgehead atoms. The number of H-pyrrole nitrogens is 1. The topological polar surface area (TPSA) is 71.6 Å².